The molecule has 42 heavy (non-hydrogen) atoms. The van der Waals surface area contributed by atoms with Crippen molar-refractivity contribution >= 4 is 23.2 Å². The van der Waals surface area contributed by atoms with E-state index < -0.39 is 0 Å². The van der Waals surface area contributed by atoms with E-state index in [1.807, 2.05) is 54.9 Å². The van der Waals surface area contributed by atoms with Gasteiger partial charge in [-0.3, -0.25) is 14.3 Å². The molecule has 5 rings (SSSR count). The van der Waals surface area contributed by atoms with Crippen LogP contribution in [0, 0.1) is 6.92 Å². The highest BCUT2D eigenvalue weighted by atomic mass is 16.5. The monoisotopic (exact) mass is 563 g/mol. The summed E-state index contributed by atoms with van der Waals surface area (Å²) in [7, 11) is 3.32. The van der Waals surface area contributed by atoms with Gasteiger partial charge in [0, 0.05) is 38.0 Å². The molecule has 1 N–H and O–H groups in total. The summed E-state index contributed by atoms with van der Waals surface area (Å²) < 4.78 is 12.5. The number of nitrogens with one attached hydrogen (secondary N) is 1. The van der Waals surface area contributed by atoms with Crippen LogP contribution in [0.3, 0.4) is 0 Å². The number of ether oxygens (including phenoxy) is 2. The number of hydrogen-bond acceptors (Lipinski definition) is 9. The lowest BCUT2D eigenvalue weighted by Gasteiger charge is -2.25. The third kappa shape index (κ3) is 6.55. The van der Waals surface area contributed by atoms with Crippen molar-refractivity contribution in [3.8, 4) is 17.3 Å². The summed E-state index contributed by atoms with van der Waals surface area (Å²) in [5.41, 5.74) is 4.33. The van der Waals surface area contributed by atoms with E-state index in [4.69, 9.17) is 9.47 Å². The summed E-state index contributed by atoms with van der Waals surface area (Å²) in [5.74, 6) is 3.60. The van der Waals surface area contributed by atoms with Gasteiger partial charge in [0.2, 0.25) is 5.95 Å². The van der Waals surface area contributed by atoms with Crippen molar-refractivity contribution in [1.29, 1.82) is 0 Å². The Bertz CT molecular complexity index is 1600. The van der Waals surface area contributed by atoms with E-state index in [-0.39, 0.29) is 5.78 Å². The molecule has 0 saturated carbocycles. The molecule has 3 aromatic heterocycles. The number of anilines is 3. The number of ketones is 1. The van der Waals surface area contributed by atoms with E-state index >= 15 is 0 Å². The van der Waals surface area contributed by atoms with Crippen molar-refractivity contribution in [1.82, 2.24) is 24.5 Å². The summed E-state index contributed by atoms with van der Waals surface area (Å²) in [6.07, 6.45) is 7.17. The first kappa shape index (κ1) is 28.3. The minimum absolute atomic E-state index is 0.00787. The predicted octanol–water partition coefficient (Wildman–Crippen LogP) is 5.93. The van der Waals surface area contributed by atoms with Crippen LogP contribution in [0.15, 0.2) is 85.6 Å². The number of nitrogens with zero attached hydrogens (tertiary/aromatic N) is 6. The van der Waals surface area contributed by atoms with Gasteiger partial charge in [-0.1, -0.05) is 31.2 Å². The van der Waals surface area contributed by atoms with Crippen LogP contribution in [-0.4, -0.2) is 44.5 Å². The first-order valence-corrected chi connectivity index (χ1v) is 13.6. The molecule has 0 radical (unpaired) electrons. The molecule has 10 nitrogen and oxygen atoms in total. The largest absolute Gasteiger partial charge is 0.497 e. The third-order valence-corrected chi connectivity index (χ3v) is 6.88. The second kappa shape index (κ2) is 12.9. The summed E-state index contributed by atoms with van der Waals surface area (Å²) >= 11 is 0. The molecule has 0 spiro atoms. The number of methoxy groups -OCH3 is 2. The smallest absolute Gasteiger partial charge is 0.213 e. The molecule has 0 aliphatic carbocycles. The van der Waals surface area contributed by atoms with Gasteiger partial charge in [0.15, 0.2) is 5.78 Å². The molecule has 3 heterocycles. The molecule has 0 amide bonds. The molecular formula is C32H33N7O3. The van der Waals surface area contributed by atoms with Gasteiger partial charge in [0.25, 0.3) is 0 Å². The molecule has 0 aliphatic heterocycles. The number of aryl methyl sites for hydroxylation is 1. The Morgan fingerprint density at radius 1 is 0.881 bits per heavy atom. The first-order chi connectivity index (χ1) is 20.5. The second-order valence-electron chi connectivity index (χ2n) is 9.69. The number of Topliss-reactive ketones (excluding diaryl/α,β-unsaturated/α-hetero) is 1. The van der Waals surface area contributed by atoms with E-state index in [1.54, 1.807) is 39.0 Å². The van der Waals surface area contributed by atoms with Crippen molar-refractivity contribution in [2.24, 2.45) is 0 Å². The highest BCUT2D eigenvalue weighted by Crippen LogP contribution is 2.25. The Balaban J connectivity index is 1.44. The summed E-state index contributed by atoms with van der Waals surface area (Å²) in [4.78, 5) is 32.3. The zero-order chi connectivity index (χ0) is 29.5. The van der Waals surface area contributed by atoms with E-state index in [9.17, 15) is 4.79 Å². The quantitative estimate of drug-likeness (QED) is 0.185. The normalized spacial score (nSPS) is 10.8. The highest BCUT2D eigenvalue weighted by Gasteiger charge is 2.15. The van der Waals surface area contributed by atoms with Gasteiger partial charge >= 0.3 is 0 Å². The van der Waals surface area contributed by atoms with Crippen molar-refractivity contribution in [2.75, 3.05) is 24.4 Å². The molecular weight excluding hydrogens is 530 g/mol. The van der Waals surface area contributed by atoms with Gasteiger partial charge in [-0.25, -0.2) is 15.0 Å². The Hall–Kier alpha value is -5.25. The van der Waals surface area contributed by atoms with Gasteiger partial charge in [-0.2, -0.15) is 0 Å². The Morgan fingerprint density at radius 3 is 2.10 bits per heavy atom. The minimum Gasteiger partial charge on any atom is -0.497 e. The Morgan fingerprint density at radius 2 is 1.52 bits per heavy atom. The van der Waals surface area contributed by atoms with Gasteiger partial charge in [0.1, 0.15) is 35.2 Å². The van der Waals surface area contributed by atoms with Gasteiger partial charge in [0.05, 0.1) is 26.1 Å². The average molecular weight is 564 g/mol. The van der Waals surface area contributed by atoms with Crippen LogP contribution in [0.25, 0.3) is 5.82 Å². The van der Waals surface area contributed by atoms with Gasteiger partial charge < -0.3 is 19.7 Å². The average Bonchev–Trinajstić information content (AvgIpc) is 3.50. The molecule has 2 aromatic carbocycles. The van der Waals surface area contributed by atoms with Crippen LogP contribution < -0.4 is 19.7 Å². The maximum Gasteiger partial charge on any atom is 0.213 e. The van der Waals surface area contributed by atoms with Crippen LogP contribution in [0.5, 0.6) is 11.5 Å². The zero-order valence-electron chi connectivity index (χ0n) is 24.1. The number of rotatable bonds is 12. The molecule has 214 valence electrons. The number of imidazole rings is 1. The number of hydrogen-bond donors (Lipinski definition) is 1. The van der Waals surface area contributed by atoms with Crippen LogP contribution >= 0.6 is 0 Å². The topological polar surface area (TPSA) is 107 Å². The number of benzene rings is 2. The van der Waals surface area contributed by atoms with Crippen LogP contribution in [0.4, 0.5) is 17.5 Å². The fourth-order valence-electron chi connectivity index (χ4n) is 4.48. The summed E-state index contributed by atoms with van der Waals surface area (Å²) in [6, 6.07) is 19.8. The molecule has 0 fully saturated rings. The summed E-state index contributed by atoms with van der Waals surface area (Å²) in [5, 5.41) is 3.33. The molecule has 0 aliphatic rings. The number of aromatic nitrogens is 5. The molecule has 0 atom stereocenters. The lowest BCUT2D eigenvalue weighted by Crippen LogP contribution is -2.23. The van der Waals surface area contributed by atoms with E-state index in [0.29, 0.717) is 37.0 Å². The van der Waals surface area contributed by atoms with Crippen LogP contribution in [0.2, 0.25) is 0 Å². The van der Waals surface area contributed by atoms with E-state index in [2.05, 4.69) is 54.4 Å². The molecule has 0 bridgehead atoms. The minimum atomic E-state index is 0.00787. The van der Waals surface area contributed by atoms with Crippen molar-refractivity contribution < 1.29 is 14.3 Å². The van der Waals surface area contributed by atoms with E-state index in [1.165, 1.54) is 0 Å². The third-order valence-electron chi connectivity index (χ3n) is 6.88. The molecule has 0 saturated heterocycles. The predicted molar refractivity (Wildman–Crippen MR) is 162 cm³/mol. The van der Waals surface area contributed by atoms with Crippen molar-refractivity contribution in [2.45, 2.75) is 33.4 Å². The zero-order valence-corrected chi connectivity index (χ0v) is 24.1. The second-order valence-corrected chi connectivity index (χ2v) is 9.69. The van der Waals surface area contributed by atoms with Crippen molar-refractivity contribution in [3.05, 3.63) is 108 Å². The van der Waals surface area contributed by atoms with Crippen molar-refractivity contribution in [3.63, 3.8) is 0 Å². The fraction of sp³-hybridized carbons (Fsp3) is 0.219. The first-order valence-electron chi connectivity index (χ1n) is 13.6. The highest BCUT2D eigenvalue weighted by molar-refractivity contribution is 5.94. The maximum absolute atomic E-state index is 12.1. The SMILES string of the molecule is CCC(=O)c1cc(C)c(Nc2nccn2-c2cc(N(Cc3ccc(OC)cc3)Cc3ccc(OC)cc3)ncn2)cn1. The van der Waals surface area contributed by atoms with E-state index in [0.717, 1.165) is 39.7 Å². The Labute approximate surface area is 245 Å². The van der Waals surface area contributed by atoms with Gasteiger partial charge in [-0.05, 0) is 53.9 Å². The number of carbonyl (C=O) groups excluding carboxylic acids is 1. The maximum atomic E-state index is 12.1. The molecule has 10 heteroatoms. The molecule has 0 unspecified atom stereocenters. The van der Waals surface area contributed by atoms with Crippen LogP contribution in [-0.2, 0) is 13.1 Å². The lowest BCUT2D eigenvalue weighted by atomic mass is 10.1. The van der Waals surface area contributed by atoms with Crippen LogP contribution in [0.1, 0.15) is 40.5 Å². The lowest BCUT2D eigenvalue weighted by molar-refractivity contribution is 0.0983. The fourth-order valence-corrected chi connectivity index (χ4v) is 4.48. The summed E-state index contributed by atoms with van der Waals surface area (Å²) in [6.45, 7) is 5.00. The number of pyridine rings is 1. The Kier molecular flexibility index (Phi) is 8.72. The van der Waals surface area contributed by atoms with Gasteiger partial charge in [-0.15, -0.1) is 0 Å². The molecule has 5 aromatic rings. The number of carbonyl (C=O) groups is 1. The standard InChI is InChI=1S/C32H33N7O3/c1-5-29(40)27-16-22(2)28(18-34-27)37-32-33-14-15-39(32)31-17-30(35-21-36-31)38(19-23-6-10-25(41-3)11-7-23)20-24-8-12-26(42-4)13-9-24/h6-18,21H,5,19-20H2,1-4H3,(H,33,37).